The molecule has 4 atom stereocenters. The Bertz CT molecular complexity index is 1560. The van der Waals surface area contributed by atoms with Crippen molar-refractivity contribution >= 4 is 29.0 Å². The van der Waals surface area contributed by atoms with Crippen LogP contribution in [-0.4, -0.2) is 31.7 Å². The molecule has 0 saturated carbocycles. The predicted molar refractivity (Wildman–Crippen MR) is 136 cm³/mol. The molecule has 3 heterocycles. The number of hydrogen-bond donors (Lipinski definition) is 0. The molecule has 0 spiro atoms. The molecule has 2 amide bonds. The van der Waals surface area contributed by atoms with Crippen LogP contribution in [-0.2, 0) is 14.4 Å². The summed E-state index contributed by atoms with van der Waals surface area (Å²) >= 11 is 0. The molecule has 8 nitrogen and oxygen atoms in total. The van der Waals surface area contributed by atoms with Crippen LogP contribution in [0.4, 0.5) is 5.69 Å². The lowest BCUT2D eigenvalue weighted by molar-refractivity contribution is -0.142. The van der Waals surface area contributed by atoms with Crippen molar-refractivity contribution in [2.45, 2.75) is 12.8 Å². The topological polar surface area (TPSA) is 91.4 Å². The number of benzene rings is 3. The molecule has 1 fully saturated rings. The molecule has 1 saturated heterocycles. The Morgan fingerprint density at radius 2 is 1.61 bits per heavy atom. The van der Waals surface area contributed by atoms with Crippen LogP contribution in [0.3, 0.4) is 0 Å². The van der Waals surface area contributed by atoms with E-state index in [0.29, 0.717) is 34.3 Å². The molecule has 8 heteroatoms. The first kappa shape index (κ1) is 22.6. The number of allylic oxidation sites excluding steroid dienone is 1. The van der Waals surface area contributed by atoms with Gasteiger partial charge < -0.3 is 18.9 Å². The van der Waals surface area contributed by atoms with Crippen LogP contribution in [0.25, 0.3) is 5.57 Å². The van der Waals surface area contributed by atoms with E-state index in [4.69, 9.17) is 18.9 Å². The van der Waals surface area contributed by atoms with Gasteiger partial charge in [-0.1, -0.05) is 24.3 Å². The number of hydrogen-bond acceptors (Lipinski definition) is 7. The maximum Gasteiger partial charge on any atom is 0.319 e. The van der Waals surface area contributed by atoms with Gasteiger partial charge in [-0.25, -0.2) is 4.90 Å². The Balaban J connectivity index is 1.40. The van der Waals surface area contributed by atoms with Crippen LogP contribution in [0.5, 0.6) is 23.0 Å². The van der Waals surface area contributed by atoms with Gasteiger partial charge in [0.25, 0.3) is 0 Å². The number of methoxy groups -OCH3 is 1. The van der Waals surface area contributed by atoms with Gasteiger partial charge in [0.1, 0.15) is 11.5 Å². The number of carbonyl (C=O) groups excluding carboxylic acids is 3. The summed E-state index contributed by atoms with van der Waals surface area (Å²) in [5, 5.41) is 0. The lowest BCUT2D eigenvalue weighted by Crippen LogP contribution is -2.42. The van der Waals surface area contributed by atoms with Crippen LogP contribution >= 0.6 is 0 Å². The summed E-state index contributed by atoms with van der Waals surface area (Å²) in [5.41, 5.74) is 3.65. The average Bonchev–Trinajstić information content (AvgIpc) is 3.50. The number of anilines is 1. The van der Waals surface area contributed by atoms with Gasteiger partial charge in [-0.2, -0.15) is 0 Å². The number of aryl methyl sites for hydroxylation is 1. The molecular weight excluding hydrogens is 486 g/mol. The fourth-order valence-electron chi connectivity index (χ4n) is 6.10. The number of esters is 1. The minimum atomic E-state index is -0.915. The van der Waals surface area contributed by atoms with E-state index in [-0.39, 0.29) is 12.7 Å². The lowest BCUT2D eigenvalue weighted by Gasteiger charge is -2.38. The first-order chi connectivity index (χ1) is 18.4. The zero-order valence-electron chi connectivity index (χ0n) is 20.7. The van der Waals surface area contributed by atoms with Crippen molar-refractivity contribution in [3.8, 4) is 23.0 Å². The molecule has 7 rings (SSSR count). The molecule has 0 N–H and O–H groups in total. The minimum absolute atomic E-state index is 0.125. The number of nitrogens with zero attached hydrogens (tertiary/aromatic N) is 1. The van der Waals surface area contributed by atoms with Crippen molar-refractivity contribution in [1.82, 2.24) is 0 Å². The number of carbonyl (C=O) groups is 3. The Morgan fingerprint density at radius 1 is 0.842 bits per heavy atom. The third kappa shape index (κ3) is 3.19. The van der Waals surface area contributed by atoms with Crippen molar-refractivity contribution in [3.63, 3.8) is 0 Å². The number of imide groups is 1. The Kier molecular flexibility index (Phi) is 4.88. The van der Waals surface area contributed by atoms with E-state index in [1.807, 2.05) is 49.4 Å². The largest absolute Gasteiger partial charge is 0.497 e. The summed E-state index contributed by atoms with van der Waals surface area (Å²) in [4.78, 5) is 42.7. The first-order valence-electron chi connectivity index (χ1n) is 12.4. The average molecular weight is 510 g/mol. The second-order valence-corrected chi connectivity index (χ2v) is 9.92. The SMILES string of the molecule is COc1ccc(N2C(=O)[C@@H]3[C@@H]4C(=O)Oc5cc(C)ccc5C4=C[C@H](c4ccc5c(c4)OCO5)[C@@H]3C2=O)cc1. The molecule has 3 aromatic carbocycles. The molecule has 38 heavy (non-hydrogen) atoms. The van der Waals surface area contributed by atoms with Crippen LogP contribution in [0.15, 0.2) is 66.7 Å². The highest BCUT2D eigenvalue weighted by Crippen LogP contribution is 2.55. The maximum atomic E-state index is 14.0. The zero-order valence-corrected chi connectivity index (χ0v) is 20.7. The number of ether oxygens (including phenoxy) is 4. The van der Waals surface area contributed by atoms with Gasteiger partial charge in [0.2, 0.25) is 18.6 Å². The van der Waals surface area contributed by atoms with E-state index in [1.165, 1.54) is 4.90 Å². The van der Waals surface area contributed by atoms with Gasteiger partial charge in [-0.05, 0) is 66.1 Å². The summed E-state index contributed by atoms with van der Waals surface area (Å²) in [6, 6.07) is 18.0. The normalized spacial score (nSPS) is 24.8. The lowest BCUT2D eigenvalue weighted by atomic mass is 9.64. The summed E-state index contributed by atoms with van der Waals surface area (Å²) in [6.07, 6.45) is 1.96. The highest BCUT2D eigenvalue weighted by atomic mass is 16.7. The Morgan fingerprint density at radius 3 is 2.39 bits per heavy atom. The monoisotopic (exact) mass is 509 g/mol. The van der Waals surface area contributed by atoms with E-state index in [0.717, 1.165) is 16.7 Å². The molecular formula is C30H23NO7. The van der Waals surface area contributed by atoms with Crippen molar-refractivity contribution in [2.24, 2.45) is 17.8 Å². The smallest absolute Gasteiger partial charge is 0.319 e. The van der Waals surface area contributed by atoms with Gasteiger partial charge in [0, 0.05) is 11.5 Å². The molecule has 0 aromatic heterocycles. The molecule has 190 valence electrons. The van der Waals surface area contributed by atoms with Crippen molar-refractivity contribution in [1.29, 1.82) is 0 Å². The highest BCUT2D eigenvalue weighted by molar-refractivity contribution is 6.24. The van der Waals surface area contributed by atoms with Gasteiger partial charge in [0.05, 0.1) is 30.6 Å². The Labute approximate surface area is 218 Å². The third-order valence-electron chi connectivity index (χ3n) is 7.86. The van der Waals surface area contributed by atoms with Gasteiger partial charge in [-0.15, -0.1) is 0 Å². The summed E-state index contributed by atoms with van der Waals surface area (Å²) < 4.78 is 22.1. The predicted octanol–water partition coefficient (Wildman–Crippen LogP) is 4.25. The van der Waals surface area contributed by atoms with E-state index in [1.54, 1.807) is 31.4 Å². The summed E-state index contributed by atoms with van der Waals surface area (Å²) in [7, 11) is 1.55. The molecule has 0 unspecified atom stereocenters. The van der Waals surface area contributed by atoms with Crippen molar-refractivity contribution in [3.05, 3.63) is 83.4 Å². The number of fused-ring (bicyclic) bond motifs is 6. The summed E-state index contributed by atoms with van der Waals surface area (Å²) in [6.45, 7) is 2.05. The molecule has 3 aromatic rings. The fourth-order valence-corrected chi connectivity index (χ4v) is 6.10. The molecule has 0 bridgehead atoms. The molecule has 4 aliphatic rings. The van der Waals surface area contributed by atoms with E-state index >= 15 is 0 Å². The van der Waals surface area contributed by atoms with E-state index in [9.17, 15) is 14.4 Å². The van der Waals surface area contributed by atoms with Gasteiger partial charge >= 0.3 is 5.97 Å². The second-order valence-electron chi connectivity index (χ2n) is 9.92. The number of rotatable bonds is 3. The van der Waals surface area contributed by atoms with Gasteiger partial charge in [-0.3, -0.25) is 14.4 Å². The quantitative estimate of drug-likeness (QED) is 0.296. The minimum Gasteiger partial charge on any atom is -0.497 e. The van der Waals surface area contributed by atoms with Crippen LogP contribution in [0.2, 0.25) is 0 Å². The third-order valence-corrected chi connectivity index (χ3v) is 7.86. The molecule has 3 aliphatic heterocycles. The highest BCUT2D eigenvalue weighted by Gasteiger charge is 2.60. The maximum absolute atomic E-state index is 14.0. The van der Waals surface area contributed by atoms with E-state index in [2.05, 4.69) is 0 Å². The van der Waals surface area contributed by atoms with Crippen molar-refractivity contribution < 1.29 is 33.3 Å². The van der Waals surface area contributed by atoms with Crippen LogP contribution in [0.1, 0.15) is 22.6 Å². The fraction of sp³-hybridized carbons (Fsp3) is 0.233. The van der Waals surface area contributed by atoms with Gasteiger partial charge in [0.15, 0.2) is 11.5 Å². The zero-order chi connectivity index (χ0) is 26.1. The first-order valence-corrected chi connectivity index (χ1v) is 12.4. The van der Waals surface area contributed by atoms with E-state index < -0.39 is 35.5 Å². The Hall–Kier alpha value is -4.59. The van der Waals surface area contributed by atoms with Crippen molar-refractivity contribution in [2.75, 3.05) is 18.8 Å². The summed E-state index contributed by atoms with van der Waals surface area (Å²) in [5.74, 6) is -2.08. The van der Waals surface area contributed by atoms with Crippen LogP contribution < -0.4 is 23.8 Å². The number of amides is 2. The standard InChI is InChI=1S/C30H23NO7/c1-15-3-9-19-21-13-20(16-4-10-22-24(12-16)37-14-36-22)25-27(26(21)30(34)38-23(19)11-15)29(33)31(28(25)32)17-5-7-18(35-2)8-6-17/h3-13,20,25-27H,14H2,1-2H3/t20-,25+,26-,27+/m1/s1. The molecule has 0 radical (unpaired) electrons. The van der Waals surface area contributed by atoms with Crippen LogP contribution in [0, 0.1) is 24.7 Å². The second kappa shape index (κ2) is 8.21. The molecule has 1 aliphatic carbocycles.